The molecule has 2 aliphatic heterocycles. The Balaban J connectivity index is 1.16. The lowest BCUT2D eigenvalue weighted by molar-refractivity contribution is -0.155. The molecule has 3 aliphatic rings. The average molecular weight is 686 g/mol. The molecule has 0 radical (unpaired) electrons. The summed E-state index contributed by atoms with van der Waals surface area (Å²) < 4.78 is 37.0. The van der Waals surface area contributed by atoms with Gasteiger partial charge in [-0.1, -0.05) is 40.5 Å². The van der Waals surface area contributed by atoms with E-state index in [0.717, 1.165) is 6.07 Å². The number of benzene rings is 2. The summed E-state index contributed by atoms with van der Waals surface area (Å²) >= 11 is 12.2. The third-order valence-corrected chi connectivity index (χ3v) is 8.67. The summed E-state index contributed by atoms with van der Waals surface area (Å²) in [5.74, 6) is -1.52. The lowest BCUT2D eigenvalue weighted by Gasteiger charge is -2.41. The maximum Gasteiger partial charge on any atom is 0.247 e. The normalized spacial score (nSPS) is 32.2. The average Bonchev–Trinajstić information content (AvgIpc) is 3.65. The van der Waals surface area contributed by atoms with Gasteiger partial charge >= 0.3 is 0 Å². The summed E-state index contributed by atoms with van der Waals surface area (Å²) in [6.07, 6.45) is -8.01. The molecule has 2 saturated heterocycles. The van der Waals surface area contributed by atoms with Crippen molar-refractivity contribution in [2.45, 2.75) is 88.4 Å². The van der Waals surface area contributed by atoms with Gasteiger partial charge in [-0.25, -0.2) is 4.39 Å². The standard InChI is InChI=1S/C31H35Cl2FN2O10/c1-13(31(41)35-24-25(38)27(40)30-29(26(24)39)42-12-43-30)8-16-4-7-22(20(34)9-16)44-23-11-21(37)28(45-23)15(3)46-36-14(2)18-6-5-17(32)10-19(18)33/h4-10,15,21,23-30,37-40H,11-12H2,1-3H3,(H,35,41)/b13-8+,36-14?/t15?,21-,23+,24+,25?,26+,27?,28+,29-,30?/m0/s1. The molecule has 1 aliphatic carbocycles. The van der Waals surface area contributed by atoms with Crippen LogP contribution in [0.25, 0.3) is 6.08 Å². The molecule has 0 aromatic heterocycles. The molecule has 0 spiro atoms. The van der Waals surface area contributed by atoms with Crippen LogP contribution in [0, 0.1) is 5.82 Å². The Morgan fingerprint density at radius 2 is 1.78 bits per heavy atom. The Morgan fingerprint density at radius 3 is 2.48 bits per heavy atom. The fourth-order valence-corrected chi connectivity index (χ4v) is 6.13. The Hall–Kier alpha value is -2.85. The van der Waals surface area contributed by atoms with Crippen LogP contribution in [0.15, 0.2) is 47.1 Å². The number of nitrogens with one attached hydrogen (secondary N) is 1. The van der Waals surface area contributed by atoms with Gasteiger partial charge in [-0.05, 0) is 56.7 Å². The van der Waals surface area contributed by atoms with Crippen molar-refractivity contribution in [3.8, 4) is 5.75 Å². The van der Waals surface area contributed by atoms with E-state index in [1.165, 1.54) is 25.1 Å². The van der Waals surface area contributed by atoms with E-state index in [1.807, 2.05) is 0 Å². The fourth-order valence-electron chi connectivity index (χ4n) is 5.59. The first-order valence-corrected chi connectivity index (χ1v) is 15.3. The maximum atomic E-state index is 15.0. The number of nitrogens with zero attached hydrogens (tertiary/aromatic N) is 1. The van der Waals surface area contributed by atoms with Crippen LogP contribution in [0.4, 0.5) is 4.39 Å². The molecule has 46 heavy (non-hydrogen) atoms. The number of fused-ring (bicyclic) bond motifs is 1. The SMILES string of the molecule is CC(=NOC(C)[C@H]1O[C@@H](Oc2ccc(/C=C(\C)C(=O)N[C@@H]3C(O)C(O)C4OCO[C@H]4[C@@H]3O)cc2F)C[C@@H]1O)c1ccc(Cl)cc1Cl. The van der Waals surface area contributed by atoms with Gasteiger partial charge in [0, 0.05) is 22.6 Å². The van der Waals surface area contributed by atoms with Gasteiger partial charge < -0.3 is 49.5 Å². The van der Waals surface area contributed by atoms with Crippen LogP contribution in [0.1, 0.15) is 38.3 Å². The molecule has 3 fully saturated rings. The van der Waals surface area contributed by atoms with E-state index < -0.39 is 72.9 Å². The van der Waals surface area contributed by atoms with Gasteiger partial charge in [-0.2, -0.15) is 0 Å². The molecular formula is C31H35Cl2FN2O10. The topological polar surface area (TPSA) is 169 Å². The zero-order valence-corrected chi connectivity index (χ0v) is 26.6. The fraction of sp³-hybridized carbons (Fsp3) is 0.484. The minimum atomic E-state index is -1.50. The zero-order chi connectivity index (χ0) is 33.3. The maximum absolute atomic E-state index is 15.0. The predicted molar refractivity (Wildman–Crippen MR) is 164 cm³/mol. The number of aliphatic hydroxyl groups is 4. The van der Waals surface area contributed by atoms with Crippen LogP contribution >= 0.6 is 23.2 Å². The molecule has 5 rings (SSSR count). The van der Waals surface area contributed by atoms with Crippen LogP contribution in [-0.4, -0.2) is 100 Å². The number of rotatable bonds is 9. The molecule has 2 aromatic carbocycles. The highest BCUT2D eigenvalue weighted by molar-refractivity contribution is 6.37. The van der Waals surface area contributed by atoms with Gasteiger partial charge in [0.2, 0.25) is 12.2 Å². The molecule has 10 atom stereocenters. The van der Waals surface area contributed by atoms with Crippen molar-refractivity contribution in [1.82, 2.24) is 5.32 Å². The Bertz CT molecular complexity index is 1500. The molecule has 0 bridgehead atoms. The zero-order valence-electron chi connectivity index (χ0n) is 25.0. The molecule has 15 heteroatoms. The van der Waals surface area contributed by atoms with Crippen molar-refractivity contribution in [3.63, 3.8) is 0 Å². The second kappa shape index (κ2) is 14.5. The van der Waals surface area contributed by atoms with Gasteiger partial charge in [0.05, 0.1) is 22.9 Å². The third-order valence-electron chi connectivity index (χ3n) is 8.12. The number of carbonyl (C=O) groups is 1. The highest BCUT2D eigenvalue weighted by atomic mass is 35.5. The smallest absolute Gasteiger partial charge is 0.247 e. The van der Waals surface area contributed by atoms with Gasteiger partial charge in [0.15, 0.2) is 17.7 Å². The molecule has 1 saturated carbocycles. The minimum absolute atomic E-state index is 0.0524. The van der Waals surface area contributed by atoms with Gasteiger partial charge in [-0.3, -0.25) is 4.79 Å². The van der Waals surface area contributed by atoms with E-state index in [1.54, 1.807) is 32.0 Å². The van der Waals surface area contributed by atoms with Gasteiger partial charge in [0.1, 0.15) is 43.4 Å². The number of aliphatic hydroxyl groups excluding tert-OH is 4. The predicted octanol–water partition coefficient (Wildman–Crippen LogP) is 2.54. The summed E-state index contributed by atoms with van der Waals surface area (Å²) in [7, 11) is 0. The molecule has 2 aromatic rings. The van der Waals surface area contributed by atoms with Gasteiger partial charge in [-0.15, -0.1) is 0 Å². The second-order valence-electron chi connectivity index (χ2n) is 11.4. The number of amides is 1. The van der Waals surface area contributed by atoms with E-state index in [9.17, 15) is 25.2 Å². The molecule has 250 valence electrons. The van der Waals surface area contributed by atoms with Gasteiger partial charge in [0.25, 0.3) is 0 Å². The van der Waals surface area contributed by atoms with E-state index in [4.69, 9.17) is 47.0 Å². The van der Waals surface area contributed by atoms with Crippen LogP contribution < -0.4 is 10.1 Å². The number of oxime groups is 1. The highest BCUT2D eigenvalue weighted by Gasteiger charge is 2.53. The van der Waals surface area contributed by atoms with E-state index >= 15 is 4.39 Å². The number of carbonyl (C=O) groups excluding carboxylic acids is 1. The van der Waals surface area contributed by atoms with Crippen LogP contribution in [0.2, 0.25) is 10.0 Å². The van der Waals surface area contributed by atoms with E-state index in [-0.39, 0.29) is 24.5 Å². The molecular weight excluding hydrogens is 650 g/mol. The largest absolute Gasteiger partial charge is 0.462 e. The van der Waals surface area contributed by atoms with E-state index in [2.05, 4.69) is 10.5 Å². The number of halogens is 3. The number of hydrogen-bond acceptors (Lipinski definition) is 11. The van der Waals surface area contributed by atoms with Crippen molar-refractivity contribution >= 4 is 40.9 Å². The van der Waals surface area contributed by atoms with Crippen molar-refractivity contribution in [1.29, 1.82) is 0 Å². The summed E-state index contributed by atoms with van der Waals surface area (Å²) in [5.41, 5.74) is 1.60. The third kappa shape index (κ3) is 7.48. The summed E-state index contributed by atoms with van der Waals surface area (Å²) in [4.78, 5) is 18.4. The second-order valence-corrected chi connectivity index (χ2v) is 12.3. The summed E-state index contributed by atoms with van der Waals surface area (Å²) in [6, 6.07) is 7.79. The monoisotopic (exact) mass is 684 g/mol. The van der Waals surface area contributed by atoms with Crippen LogP contribution in [-0.2, 0) is 23.8 Å². The molecule has 4 unspecified atom stereocenters. The molecule has 5 N–H and O–H groups in total. The van der Waals surface area contributed by atoms with E-state index in [0.29, 0.717) is 26.9 Å². The van der Waals surface area contributed by atoms with Crippen LogP contribution in [0.5, 0.6) is 5.75 Å². The van der Waals surface area contributed by atoms with Crippen molar-refractivity contribution in [2.75, 3.05) is 6.79 Å². The summed E-state index contributed by atoms with van der Waals surface area (Å²) in [5, 5.41) is 49.4. The first kappa shape index (κ1) is 34.5. The van der Waals surface area contributed by atoms with Crippen LogP contribution in [0.3, 0.4) is 0 Å². The lowest BCUT2D eigenvalue weighted by atomic mass is 9.83. The highest BCUT2D eigenvalue weighted by Crippen LogP contribution is 2.31. The first-order chi connectivity index (χ1) is 21.8. The van der Waals surface area contributed by atoms with Crippen molar-refractivity contribution < 1.29 is 53.4 Å². The Morgan fingerprint density at radius 1 is 1.07 bits per heavy atom. The number of ether oxygens (including phenoxy) is 4. The molecule has 1 amide bonds. The first-order valence-electron chi connectivity index (χ1n) is 14.6. The lowest BCUT2D eigenvalue weighted by Crippen LogP contribution is -2.67. The quantitative estimate of drug-likeness (QED) is 0.150. The Kier molecular flexibility index (Phi) is 10.9. The molecule has 12 nitrogen and oxygen atoms in total. The van der Waals surface area contributed by atoms with Crippen molar-refractivity contribution in [2.24, 2.45) is 5.16 Å². The number of hydrogen-bond donors (Lipinski definition) is 5. The molecule has 2 heterocycles. The Labute approximate surface area is 274 Å². The summed E-state index contributed by atoms with van der Waals surface area (Å²) in [6.45, 7) is 4.70. The van der Waals surface area contributed by atoms with Crippen molar-refractivity contribution in [3.05, 3.63) is 69.0 Å². The minimum Gasteiger partial charge on any atom is -0.462 e.